The van der Waals surface area contributed by atoms with Crippen LogP contribution in [0.2, 0.25) is 0 Å². The number of alkyl halides is 3. The highest BCUT2D eigenvalue weighted by Crippen LogP contribution is 2.29. The number of fused-ring (bicyclic) bond motifs is 1. The van der Waals surface area contributed by atoms with E-state index in [1.807, 2.05) is 19.9 Å². The first-order valence-corrected chi connectivity index (χ1v) is 7.63. The lowest BCUT2D eigenvalue weighted by atomic mass is 10.1. The Morgan fingerprint density at radius 1 is 1.08 bits per heavy atom. The maximum absolute atomic E-state index is 12.3. The SMILES string of the molecule is CC(C)OC(c1ccc(OC(F)(F)F)cc1)c1nc2cccnc2[nH]1. The molecule has 1 N–H and O–H groups in total. The molecule has 0 aliphatic rings. The van der Waals surface area contributed by atoms with Crippen LogP contribution in [0, 0.1) is 0 Å². The average Bonchev–Trinajstić information content (AvgIpc) is 2.95. The number of pyridine rings is 1. The van der Waals surface area contributed by atoms with Crippen LogP contribution in [0.25, 0.3) is 11.2 Å². The van der Waals surface area contributed by atoms with Gasteiger partial charge >= 0.3 is 6.36 Å². The quantitative estimate of drug-likeness (QED) is 0.741. The Kier molecular flexibility index (Phi) is 4.63. The Morgan fingerprint density at radius 3 is 2.40 bits per heavy atom. The van der Waals surface area contributed by atoms with Crippen molar-refractivity contribution >= 4 is 11.2 Å². The van der Waals surface area contributed by atoms with E-state index in [-0.39, 0.29) is 11.9 Å². The summed E-state index contributed by atoms with van der Waals surface area (Å²) in [4.78, 5) is 11.8. The summed E-state index contributed by atoms with van der Waals surface area (Å²) in [5, 5.41) is 0. The molecule has 1 aromatic carbocycles. The molecule has 3 aromatic rings. The molecule has 0 radical (unpaired) electrons. The van der Waals surface area contributed by atoms with E-state index in [1.54, 1.807) is 12.3 Å². The van der Waals surface area contributed by atoms with Crippen molar-refractivity contribution < 1.29 is 22.6 Å². The van der Waals surface area contributed by atoms with Crippen molar-refractivity contribution in [1.82, 2.24) is 15.0 Å². The number of rotatable bonds is 5. The number of nitrogens with zero attached hydrogens (tertiary/aromatic N) is 2. The molecule has 0 aliphatic carbocycles. The summed E-state index contributed by atoms with van der Waals surface area (Å²) in [6.45, 7) is 3.74. The first-order chi connectivity index (χ1) is 11.8. The summed E-state index contributed by atoms with van der Waals surface area (Å²) in [6.07, 6.45) is -3.75. The monoisotopic (exact) mass is 351 g/mol. The number of ether oxygens (including phenoxy) is 2. The zero-order chi connectivity index (χ0) is 18.0. The standard InChI is InChI=1S/C17H16F3N3O2/c1-10(2)24-14(16-22-13-4-3-9-21-15(13)23-16)11-5-7-12(8-6-11)25-17(18,19)20/h3-10,14H,1-2H3,(H,21,22,23). The molecular formula is C17H16F3N3O2. The van der Waals surface area contributed by atoms with Crippen molar-refractivity contribution in [2.24, 2.45) is 0 Å². The molecule has 0 saturated heterocycles. The van der Waals surface area contributed by atoms with Crippen LogP contribution in [0.4, 0.5) is 13.2 Å². The molecule has 0 fully saturated rings. The van der Waals surface area contributed by atoms with Gasteiger partial charge < -0.3 is 14.5 Å². The minimum atomic E-state index is -4.72. The normalized spacial score (nSPS) is 13.4. The van der Waals surface area contributed by atoms with Gasteiger partial charge in [0.25, 0.3) is 0 Å². The third-order valence-corrected chi connectivity index (χ3v) is 3.35. The number of aromatic amines is 1. The summed E-state index contributed by atoms with van der Waals surface area (Å²) < 4.78 is 46.7. The lowest BCUT2D eigenvalue weighted by Crippen LogP contribution is -2.17. The van der Waals surface area contributed by atoms with Crippen LogP contribution in [0.5, 0.6) is 5.75 Å². The molecule has 1 atom stereocenters. The smallest absolute Gasteiger partial charge is 0.406 e. The first kappa shape index (κ1) is 17.2. The van der Waals surface area contributed by atoms with Crippen molar-refractivity contribution in [1.29, 1.82) is 0 Å². The van der Waals surface area contributed by atoms with Crippen molar-refractivity contribution in [2.75, 3.05) is 0 Å². The van der Waals surface area contributed by atoms with E-state index >= 15 is 0 Å². The summed E-state index contributed by atoms with van der Waals surface area (Å²) in [5.74, 6) is 0.248. The lowest BCUT2D eigenvalue weighted by Gasteiger charge is -2.19. The molecule has 8 heteroatoms. The molecule has 5 nitrogen and oxygen atoms in total. The second-order valence-corrected chi connectivity index (χ2v) is 5.67. The van der Waals surface area contributed by atoms with E-state index in [0.717, 1.165) is 0 Å². The predicted molar refractivity (Wildman–Crippen MR) is 85.1 cm³/mol. The molecule has 3 rings (SSSR count). The number of hydrogen-bond donors (Lipinski definition) is 1. The topological polar surface area (TPSA) is 60.0 Å². The van der Waals surface area contributed by atoms with Gasteiger partial charge in [0.1, 0.15) is 23.2 Å². The molecule has 0 saturated carbocycles. The fourth-order valence-corrected chi connectivity index (χ4v) is 2.40. The second-order valence-electron chi connectivity index (χ2n) is 5.67. The molecule has 1 unspecified atom stereocenters. The van der Waals surface area contributed by atoms with E-state index in [4.69, 9.17) is 4.74 Å². The predicted octanol–water partition coefficient (Wildman–Crippen LogP) is 4.37. The largest absolute Gasteiger partial charge is 0.573 e. The van der Waals surface area contributed by atoms with E-state index in [1.165, 1.54) is 24.3 Å². The number of aromatic nitrogens is 3. The van der Waals surface area contributed by atoms with Crippen molar-refractivity contribution in [3.8, 4) is 5.75 Å². The van der Waals surface area contributed by atoms with E-state index in [0.29, 0.717) is 22.6 Å². The summed E-state index contributed by atoms with van der Waals surface area (Å²) in [5.41, 5.74) is 1.96. The van der Waals surface area contributed by atoms with Gasteiger partial charge in [-0.2, -0.15) is 0 Å². The van der Waals surface area contributed by atoms with Crippen LogP contribution >= 0.6 is 0 Å². The molecule has 2 aromatic heterocycles. The van der Waals surface area contributed by atoms with E-state index in [9.17, 15) is 13.2 Å². The minimum Gasteiger partial charge on any atom is -0.406 e. The van der Waals surface area contributed by atoms with Crippen molar-refractivity contribution in [3.63, 3.8) is 0 Å². The number of halogens is 3. The fraction of sp³-hybridized carbons (Fsp3) is 0.294. The maximum atomic E-state index is 12.3. The summed E-state index contributed by atoms with van der Waals surface area (Å²) in [7, 11) is 0. The maximum Gasteiger partial charge on any atom is 0.573 e. The molecule has 2 heterocycles. The molecule has 0 amide bonds. The van der Waals surface area contributed by atoms with Crippen LogP contribution < -0.4 is 4.74 Å². The number of nitrogens with one attached hydrogen (secondary N) is 1. The zero-order valence-electron chi connectivity index (χ0n) is 13.5. The van der Waals surface area contributed by atoms with E-state index in [2.05, 4.69) is 19.7 Å². The summed E-state index contributed by atoms with van der Waals surface area (Å²) >= 11 is 0. The van der Waals surface area contributed by atoms with Gasteiger partial charge in [-0.15, -0.1) is 13.2 Å². The van der Waals surface area contributed by atoms with Crippen LogP contribution in [0.1, 0.15) is 31.3 Å². The number of hydrogen-bond acceptors (Lipinski definition) is 4. The molecule has 25 heavy (non-hydrogen) atoms. The van der Waals surface area contributed by atoms with Crippen molar-refractivity contribution in [3.05, 3.63) is 54.0 Å². The van der Waals surface area contributed by atoms with Crippen LogP contribution in [-0.2, 0) is 4.74 Å². The van der Waals surface area contributed by atoms with Crippen LogP contribution in [0.15, 0.2) is 42.6 Å². The van der Waals surface area contributed by atoms with E-state index < -0.39 is 12.5 Å². The van der Waals surface area contributed by atoms with Gasteiger partial charge in [-0.1, -0.05) is 12.1 Å². The molecule has 0 spiro atoms. The Hall–Kier alpha value is -2.61. The zero-order valence-corrected chi connectivity index (χ0v) is 13.5. The number of imidazole rings is 1. The van der Waals surface area contributed by atoms with Gasteiger partial charge in [-0.05, 0) is 43.7 Å². The van der Waals surface area contributed by atoms with Gasteiger partial charge in [-0.3, -0.25) is 0 Å². The molecule has 132 valence electrons. The number of benzene rings is 1. The summed E-state index contributed by atoms with van der Waals surface area (Å²) in [6, 6.07) is 9.13. The van der Waals surface area contributed by atoms with Crippen LogP contribution in [-0.4, -0.2) is 27.4 Å². The Labute approximate surface area is 141 Å². The Morgan fingerprint density at radius 2 is 1.80 bits per heavy atom. The highest BCUT2D eigenvalue weighted by atomic mass is 19.4. The van der Waals surface area contributed by atoms with Crippen molar-refractivity contribution in [2.45, 2.75) is 32.4 Å². The van der Waals surface area contributed by atoms with Crippen LogP contribution in [0.3, 0.4) is 0 Å². The highest BCUT2D eigenvalue weighted by Gasteiger charge is 2.31. The fourth-order valence-electron chi connectivity index (χ4n) is 2.40. The molecule has 0 aliphatic heterocycles. The Balaban J connectivity index is 1.92. The highest BCUT2D eigenvalue weighted by molar-refractivity contribution is 5.70. The average molecular weight is 351 g/mol. The third kappa shape index (κ3) is 4.27. The molecule has 0 bridgehead atoms. The number of H-pyrrole nitrogens is 1. The third-order valence-electron chi connectivity index (χ3n) is 3.35. The van der Waals surface area contributed by atoms with Gasteiger partial charge in [0, 0.05) is 6.20 Å². The van der Waals surface area contributed by atoms with Gasteiger partial charge in [0.05, 0.1) is 6.10 Å². The lowest BCUT2D eigenvalue weighted by molar-refractivity contribution is -0.274. The minimum absolute atomic E-state index is 0.114. The van der Waals surface area contributed by atoms with Gasteiger partial charge in [0.2, 0.25) is 0 Å². The Bertz CT molecular complexity index is 811. The second kappa shape index (κ2) is 6.72. The molecular weight excluding hydrogens is 335 g/mol. The first-order valence-electron chi connectivity index (χ1n) is 7.63. The van der Waals surface area contributed by atoms with Gasteiger partial charge in [-0.25, -0.2) is 9.97 Å². The van der Waals surface area contributed by atoms with Gasteiger partial charge in [0.15, 0.2) is 5.65 Å².